The molecule has 0 N–H and O–H groups in total. The molecule has 26 heavy (non-hydrogen) atoms. The topological polar surface area (TPSA) is 70.2 Å². The molecule has 1 fully saturated rings. The number of ether oxygens (including phenoxy) is 1. The molecule has 0 radical (unpaired) electrons. The molecule has 2 rings (SSSR count). The van der Waals surface area contributed by atoms with E-state index in [2.05, 4.69) is 0 Å². The zero-order chi connectivity index (χ0) is 19.3. The zero-order valence-corrected chi connectivity index (χ0v) is 16.0. The van der Waals surface area contributed by atoms with Crippen molar-refractivity contribution in [1.82, 2.24) is 9.80 Å². The smallest absolute Gasteiger partial charge is 0.249 e. The van der Waals surface area contributed by atoms with Crippen LogP contribution in [0.1, 0.15) is 13.8 Å². The van der Waals surface area contributed by atoms with Gasteiger partial charge in [0.1, 0.15) is 19.8 Å². The molecule has 142 valence electrons. The van der Waals surface area contributed by atoms with Crippen LogP contribution in [0, 0.1) is 5.92 Å². The molecule has 1 aliphatic heterocycles. The lowest BCUT2D eigenvalue weighted by Crippen LogP contribution is -2.45. The Balaban J connectivity index is 2.04. The minimum absolute atomic E-state index is 0.0146. The fourth-order valence-electron chi connectivity index (χ4n) is 2.76. The van der Waals surface area contributed by atoms with Crippen LogP contribution in [0.25, 0.3) is 0 Å². The van der Waals surface area contributed by atoms with Gasteiger partial charge in [-0.05, 0) is 24.1 Å². The summed E-state index contributed by atoms with van der Waals surface area (Å²) in [4.78, 5) is 41.5. The van der Waals surface area contributed by atoms with Crippen LogP contribution in [0.4, 0.5) is 5.69 Å². The fraction of sp³-hybridized carbons (Fsp3) is 0.500. The Labute approximate surface area is 158 Å². The van der Waals surface area contributed by atoms with Crippen molar-refractivity contribution in [2.24, 2.45) is 5.92 Å². The van der Waals surface area contributed by atoms with Gasteiger partial charge in [0, 0.05) is 24.4 Å². The summed E-state index contributed by atoms with van der Waals surface area (Å²) in [6.45, 7) is 4.37. The third-order valence-corrected chi connectivity index (χ3v) is 4.18. The minimum Gasteiger partial charge on any atom is -0.375 e. The highest BCUT2D eigenvalue weighted by Crippen LogP contribution is 2.23. The van der Waals surface area contributed by atoms with E-state index in [-0.39, 0.29) is 50.0 Å². The molecule has 3 amide bonds. The van der Waals surface area contributed by atoms with Gasteiger partial charge in [-0.3, -0.25) is 19.3 Å². The standard InChI is InChI=1S/C18H24ClN3O4/c1-13(2)8-20(18(25)11-26-3)9-16(23)21-10-17(24)22(12-21)15-6-4-5-14(19)7-15/h4-7,13H,8-12H2,1-3H3. The van der Waals surface area contributed by atoms with Gasteiger partial charge in [0.15, 0.2) is 0 Å². The average molecular weight is 382 g/mol. The van der Waals surface area contributed by atoms with Crippen LogP contribution in [-0.4, -0.2) is 67.5 Å². The minimum atomic E-state index is -0.270. The molecule has 0 atom stereocenters. The highest BCUT2D eigenvalue weighted by atomic mass is 35.5. The van der Waals surface area contributed by atoms with E-state index in [4.69, 9.17) is 16.3 Å². The van der Waals surface area contributed by atoms with Crippen molar-refractivity contribution in [3.63, 3.8) is 0 Å². The highest BCUT2D eigenvalue weighted by molar-refractivity contribution is 6.31. The van der Waals surface area contributed by atoms with Crippen LogP contribution < -0.4 is 4.90 Å². The summed E-state index contributed by atoms with van der Waals surface area (Å²) < 4.78 is 4.89. The van der Waals surface area contributed by atoms with Crippen LogP contribution in [0.2, 0.25) is 5.02 Å². The first-order valence-corrected chi connectivity index (χ1v) is 8.80. The predicted molar refractivity (Wildman–Crippen MR) is 98.8 cm³/mol. The number of carbonyl (C=O) groups is 3. The molecule has 1 heterocycles. The molecular weight excluding hydrogens is 358 g/mol. The number of rotatable bonds is 7. The van der Waals surface area contributed by atoms with Gasteiger partial charge in [0.25, 0.3) is 0 Å². The molecule has 1 aromatic carbocycles. The van der Waals surface area contributed by atoms with E-state index < -0.39 is 0 Å². The Morgan fingerprint density at radius 1 is 1.35 bits per heavy atom. The summed E-state index contributed by atoms with van der Waals surface area (Å²) >= 11 is 5.98. The Morgan fingerprint density at radius 3 is 2.69 bits per heavy atom. The SMILES string of the molecule is COCC(=O)N(CC(=O)N1CC(=O)N(c2cccc(Cl)c2)C1)CC(C)C. The Morgan fingerprint density at radius 2 is 2.08 bits per heavy atom. The first kappa shape index (κ1) is 20.2. The van der Waals surface area contributed by atoms with Gasteiger partial charge < -0.3 is 14.5 Å². The molecule has 0 aromatic heterocycles. The molecule has 1 aromatic rings. The van der Waals surface area contributed by atoms with E-state index in [1.807, 2.05) is 13.8 Å². The van der Waals surface area contributed by atoms with Gasteiger partial charge >= 0.3 is 0 Å². The summed E-state index contributed by atoms with van der Waals surface area (Å²) in [5.74, 6) is -0.481. The number of hydrogen-bond acceptors (Lipinski definition) is 4. The summed E-state index contributed by atoms with van der Waals surface area (Å²) in [7, 11) is 1.44. The van der Waals surface area contributed by atoms with E-state index in [1.54, 1.807) is 24.3 Å². The summed E-state index contributed by atoms with van der Waals surface area (Å²) in [5, 5.41) is 0.522. The second-order valence-corrected chi connectivity index (χ2v) is 7.07. The molecular formula is C18H24ClN3O4. The fourth-order valence-corrected chi connectivity index (χ4v) is 2.94. The Bertz CT molecular complexity index is 680. The molecule has 1 saturated heterocycles. The number of amides is 3. The van der Waals surface area contributed by atoms with E-state index in [9.17, 15) is 14.4 Å². The number of methoxy groups -OCH3 is 1. The van der Waals surface area contributed by atoms with Gasteiger partial charge in [-0.15, -0.1) is 0 Å². The quantitative estimate of drug-likeness (QED) is 0.719. The number of benzene rings is 1. The molecule has 0 spiro atoms. The molecule has 0 bridgehead atoms. The first-order valence-electron chi connectivity index (χ1n) is 8.42. The maximum Gasteiger partial charge on any atom is 0.249 e. The van der Waals surface area contributed by atoms with Gasteiger partial charge in [-0.2, -0.15) is 0 Å². The van der Waals surface area contributed by atoms with Crippen molar-refractivity contribution < 1.29 is 19.1 Å². The van der Waals surface area contributed by atoms with Crippen molar-refractivity contribution in [3.8, 4) is 0 Å². The highest BCUT2D eigenvalue weighted by Gasteiger charge is 2.33. The third-order valence-electron chi connectivity index (χ3n) is 3.94. The van der Waals surface area contributed by atoms with Crippen molar-refractivity contribution in [2.45, 2.75) is 13.8 Å². The normalized spacial score (nSPS) is 14.3. The van der Waals surface area contributed by atoms with Gasteiger partial charge in [0.2, 0.25) is 17.7 Å². The predicted octanol–water partition coefficient (Wildman–Crippen LogP) is 1.60. The second kappa shape index (κ2) is 9.00. The molecule has 7 nitrogen and oxygen atoms in total. The maximum absolute atomic E-state index is 12.6. The molecule has 0 unspecified atom stereocenters. The number of halogens is 1. The van der Waals surface area contributed by atoms with Crippen molar-refractivity contribution in [2.75, 3.05) is 44.9 Å². The summed E-state index contributed by atoms with van der Waals surface area (Å²) in [5.41, 5.74) is 0.646. The van der Waals surface area contributed by atoms with Crippen molar-refractivity contribution >= 4 is 35.0 Å². The van der Waals surface area contributed by atoms with Gasteiger partial charge in [-0.25, -0.2) is 0 Å². The summed E-state index contributed by atoms with van der Waals surface area (Å²) in [6.07, 6.45) is 0. The number of hydrogen-bond donors (Lipinski definition) is 0. The monoisotopic (exact) mass is 381 g/mol. The maximum atomic E-state index is 12.6. The van der Waals surface area contributed by atoms with Crippen LogP contribution >= 0.6 is 11.6 Å². The number of carbonyl (C=O) groups excluding carboxylic acids is 3. The van der Waals surface area contributed by atoms with Gasteiger partial charge in [0.05, 0.1) is 6.54 Å². The van der Waals surface area contributed by atoms with Crippen molar-refractivity contribution in [1.29, 1.82) is 0 Å². The summed E-state index contributed by atoms with van der Waals surface area (Å²) in [6, 6.07) is 6.93. The van der Waals surface area contributed by atoms with Crippen LogP contribution in [0.3, 0.4) is 0 Å². The first-order chi connectivity index (χ1) is 12.3. The van der Waals surface area contributed by atoms with Crippen LogP contribution in [0.5, 0.6) is 0 Å². The lowest BCUT2D eigenvalue weighted by atomic mass is 10.2. The van der Waals surface area contributed by atoms with E-state index in [0.29, 0.717) is 17.3 Å². The third kappa shape index (κ3) is 5.19. The number of nitrogens with zero attached hydrogens (tertiary/aromatic N) is 3. The van der Waals surface area contributed by atoms with Crippen LogP contribution in [-0.2, 0) is 19.1 Å². The Kier molecular flexibility index (Phi) is 6.99. The van der Waals surface area contributed by atoms with Crippen molar-refractivity contribution in [3.05, 3.63) is 29.3 Å². The molecule has 0 saturated carbocycles. The van der Waals surface area contributed by atoms with E-state index in [1.165, 1.54) is 21.8 Å². The largest absolute Gasteiger partial charge is 0.375 e. The molecule has 8 heteroatoms. The van der Waals surface area contributed by atoms with E-state index in [0.717, 1.165) is 0 Å². The second-order valence-electron chi connectivity index (χ2n) is 6.64. The average Bonchev–Trinajstić information content (AvgIpc) is 2.96. The molecule has 1 aliphatic rings. The van der Waals surface area contributed by atoms with Gasteiger partial charge in [-0.1, -0.05) is 31.5 Å². The lowest BCUT2D eigenvalue weighted by molar-refractivity contribution is -0.142. The number of anilines is 1. The lowest BCUT2D eigenvalue weighted by Gasteiger charge is -2.26. The Hall–Kier alpha value is -2.12. The van der Waals surface area contributed by atoms with E-state index >= 15 is 0 Å². The zero-order valence-electron chi connectivity index (χ0n) is 15.3. The molecule has 0 aliphatic carbocycles. The van der Waals surface area contributed by atoms with Crippen LogP contribution in [0.15, 0.2) is 24.3 Å².